The molecular formula is C7H12N4O2S. The third-order valence-corrected chi connectivity index (χ3v) is 2.59. The van der Waals surface area contributed by atoms with Gasteiger partial charge in [-0.2, -0.15) is 8.94 Å². The van der Waals surface area contributed by atoms with E-state index < -0.39 is 5.69 Å². The summed E-state index contributed by atoms with van der Waals surface area (Å²) in [6.07, 6.45) is 0. The Morgan fingerprint density at radius 1 is 1.36 bits per heavy atom. The van der Waals surface area contributed by atoms with Gasteiger partial charge in [-0.15, -0.1) is 0 Å². The van der Waals surface area contributed by atoms with Gasteiger partial charge in [-0.3, -0.25) is 0 Å². The molecule has 0 fully saturated rings. The summed E-state index contributed by atoms with van der Waals surface area (Å²) in [6, 6.07) is -0.374. The van der Waals surface area contributed by atoms with Gasteiger partial charge in [-0.25, -0.2) is 9.59 Å². The normalized spacial score (nSPS) is 10.0. The number of nitrogens with zero attached hydrogens (tertiary/aromatic N) is 4. The molecule has 0 bridgehead atoms. The molecule has 0 aliphatic carbocycles. The molecule has 0 aliphatic heterocycles. The minimum atomic E-state index is -0.530. The molecule has 0 spiro atoms. The van der Waals surface area contributed by atoms with E-state index in [2.05, 4.69) is 4.98 Å². The molecule has 7 heteroatoms. The van der Waals surface area contributed by atoms with Gasteiger partial charge in [-0.1, -0.05) is 0 Å². The average molecular weight is 216 g/mol. The maximum Gasteiger partial charge on any atom is 0.368 e. The van der Waals surface area contributed by atoms with Crippen LogP contribution in [0.2, 0.25) is 0 Å². The molecular weight excluding hydrogens is 204 g/mol. The summed E-state index contributed by atoms with van der Waals surface area (Å²) in [5.74, 6) is 0. The van der Waals surface area contributed by atoms with Crippen LogP contribution in [0.15, 0.2) is 4.79 Å². The summed E-state index contributed by atoms with van der Waals surface area (Å²) in [5, 5.41) is 0.519. The van der Waals surface area contributed by atoms with Crippen LogP contribution in [0.5, 0.6) is 0 Å². The van der Waals surface area contributed by atoms with E-state index in [0.29, 0.717) is 5.13 Å². The van der Waals surface area contributed by atoms with Crippen molar-refractivity contribution in [3.05, 3.63) is 10.5 Å². The van der Waals surface area contributed by atoms with Crippen LogP contribution in [0.4, 0.5) is 9.93 Å². The third kappa shape index (κ3) is 1.92. The molecule has 0 saturated carbocycles. The standard InChI is InChI=1S/C7H12N4O2S/c1-9(2)6-8-5(12)11(14-6)7(13)10(3)4/h1-4H3. The van der Waals surface area contributed by atoms with Gasteiger partial charge in [0, 0.05) is 28.2 Å². The highest BCUT2D eigenvalue weighted by Gasteiger charge is 2.15. The van der Waals surface area contributed by atoms with Gasteiger partial charge in [-0.05, 0) is 11.5 Å². The highest BCUT2D eigenvalue weighted by atomic mass is 32.1. The Morgan fingerprint density at radius 3 is 2.29 bits per heavy atom. The van der Waals surface area contributed by atoms with Crippen LogP contribution in [0.1, 0.15) is 0 Å². The Kier molecular flexibility index (Phi) is 2.90. The van der Waals surface area contributed by atoms with Crippen molar-refractivity contribution in [2.24, 2.45) is 0 Å². The van der Waals surface area contributed by atoms with Crippen molar-refractivity contribution >= 4 is 22.7 Å². The molecule has 6 nitrogen and oxygen atoms in total. The second kappa shape index (κ2) is 3.79. The van der Waals surface area contributed by atoms with Gasteiger partial charge < -0.3 is 9.80 Å². The number of aromatic nitrogens is 2. The predicted octanol–water partition coefficient (Wildman–Crippen LogP) is -0.0995. The molecule has 1 amide bonds. The molecule has 0 unspecified atom stereocenters. The van der Waals surface area contributed by atoms with Crippen molar-refractivity contribution in [2.75, 3.05) is 33.1 Å². The van der Waals surface area contributed by atoms with Gasteiger partial charge in [0.15, 0.2) is 0 Å². The largest absolute Gasteiger partial charge is 0.368 e. The van der Waals surface area contributed by atoms with E-state index in [0.717, 1.165) is 15.5 Å². The van der Waals surface area contributed by atoms with Crippen LogP contribution in [0.3, 0.4) is 0 Å². The van der Waals surface area contributed by atoms with Crippen molar-refractivity contribution in [1.29, 1.82) is 0 Å². The minimum Gasteiger partial charge on any atom is -0.353 e. The summed E-state index contributed by atoms with van der Waals surface area (Å²) in [4.78, 5) is 29.5. The van der Waals surface area contributed by atoms with Crippen molar-refractivity contribution in [1.82, 2.24) is 13.8 Å². The lowest BCUT2D eigenvalue weighted by Gasteiger charge is -2.08. The maximum absolute atomic E-state index is 11.4. The first-order valence-corrected chi connectivity index (χ1v) is 4.70. The van der Waals surface area contributed by atoms with Crippen molar-refractivity contribution < 1.29 is 4.79 Å². The lowest BCUT2D eigenvalue weighted by atomic mass is 10.8. The smallest absolute Gasteiger partial charge is 0.353 e. The summed E-state index contributed by atoms with van der Waals surface area (Å²) >= 11 is 1.03. The SMILES string of the molecule is CN(C)C(=O)n1sc(N(C)C)nc1=O. The molecule has 0 radical (unpaired) electrons. The summed E-state index contributed by atoms with van der Waals surface area (Å²) < 4.78 is 1.02. The number of rotatable bonds is 1. The van der Waals surface area contributed by atoms with E-state index in [9.17, 15) is 9.59 Å². The molecule has 1 aromatic rings. The zero-order chi connectivity index (χ0) is 10.9. The first kappa shape index (κ1) is 10.7. The van der Waals surface area contributed by atoms with Gasteiger partial charge in [0.25, 0.3) is 0 Å². The Morgan fingerprint density at radius 2 is 1.93 bits per heavy atom. The third-order valence-electron chi connectivity index (χ3n) is 1.48. The molecule has 1 rings (SSSR count). The molecule has 0 atom stereocenters. The highest BCUT2D eigenvalue weighted by Crippen LogP contribution is 2.11. The van der Waals surface area contributed by atoms with Gasteiger partial charge in [0.2, 0.25) is 5.13 Å². The average Bonchev–Trinajstić information content (AvgIpc) is 2.46. The van der Waals surface area contributed by atoms with Gasteiger partial charge in [0.05, 0.1) is 0 Å². The van der Waals surface area contributed by atoms with Crippen molar-refractivity contribution in [2.45, 2.75) is 0 Å². The fourth-order valence-corrected chi connectivity index (χ4v) is 1.56. The first-order valence-electron chi connectivity index (χ1n) is 3.93. The lowest BCUT2D eigenvalue weighted by molar-refractivity contribution is 0.220. The van der Waals surface area contributed by atoms with Crippen LogP contribution < -0.4 is 10.6 Å². The number of hydrogen-bond acceptors (Lipinski definition) is 5. The number of anilines is 1. The van der Waals surface area contributed by atoms with Crippen LogP contribution in [0, 0.1) is 0 Å². The lowest BCUT2D eigenvalue weighted by Crippen LogP contribution is -2.32. The van der Waals surface area contributed by atoms with Crippen molar-refractivity contribution in [3.63, 3.8) is 0 Å². The Balaban J connectivity index is 3.11. The number of amides is 1. The monoisotopic (exact) mass is 216 g/mol. The molecule has 0 aromatic carbocycles. The quantitative estimate of drug-likeness (QED) is 0.658. The summed E-state index contributed by atoms with van der Waals surface area (Å²) in [5.41, 5.74) is -0.530. The highest BCUT2D eigenvalue weighted by molar-refractivity contribution is 7.11. The topological polar surface area (TPSA) is 58.4 Å². The first-order chi connectivity index (χ1) is 6.43. The van der Waals surface area contributed by atoms with Gasteiger partial charge >= 0.3 is 11.7 Å². The van der Waals surface area contributed by atoms with E-state index in [1.165, 1.54) is 4.90 Å². The van der Waals surface area contributed by atoms with E-state index in [1.807, 2.05) is 0 Å². The van der Waals surface area contributed by atoms with Crippen LogP contribution in [0.25, 0.3) is 0 Å². The Labute approximate surface area is 85.5 Å². The van der Waals surface area contributed by atoms with Crippen molar-refractivity contribution in [3.8, 4) is 0 Å². The van der Waals surface area contributed by atoms with E-state index in [1.54, 1.807) is 33.1 Å². The second-order valence-corrected chi connectivity index (χ2v) is 4.05. The van der Waals surface area contributed by atoms with Crippen LogP contribution in [-0.2, 0) is 0 Å². The van der Waals surface area contributed by atoms with Crippen LogP contribution in [-0.4, -0.2) is 48.1 Å². The number of hydrogen-bond donors (Lipinski definition) is 0. The number of carbonyl (C=O) groups is 1. The Bertz CT molecular complexity index is 393. The molecule has 0 N–H and O–H groups in total. The molecule has 0 aliphatic rings. The maximum atomic E-state index is 11.4. The van der Waals surface area contributed by atoms with E-state index >= 15 is 0 Å². The van der Waals surface area contributed by atoms with E-state index in [-0.39, 0.29) is 6.03 Å². The molecule has 1 aromatic heterocycles. The van der Waals surface area contributed by atoms with E-state index in [4.69, 9.17) is 0 Å². The van der Waals surface area contributed by atoms with Gasteiger partial charge in [0.1, 0.15) is 0 Å². The molecule has 14 heavy (non-hydrogen) atoms. The second-order valence-electron chi connectivity index (χ2n) is 3.13. The number of carbonyl (C=O) groups excluding carboxylic acids is 1. The Hall–Kier alpha value is -1.37. The van der Waals surface area contributed by atoms with Crippen LogP contribution >= 0.6 is 11.5 Å². The summed E-state index contributed by atoms with van der Waals surface area (Å²) in [7, 11) is 6.71. The fourth-order valence-electron chi connectivity index (χ4n) is 0.753. The minimum absolute atomic E-state index is 0.374. The molecule has 78 valence electrons. The summed E-state index contributed by atoms with van der Waals surface area (Å²) in [6.45, 7) is 0. The predicted molar refractivity (Wildman–Crippen MR) is 55.2 cm³/mol. The molecule has 1 heterocycles. The zero-order valence-corrected chi connectivity index (χ0v) is 9.33. The fraction of sp³-hybridized carbons (Fsp3) is 0.571. The zero-order valence-electron chi connectivity index (χ0n) is 8.51. The molecule has 0 saturated heterocycles.